The summed E-state index contributed by atoms with van der Waals surface area (Å²) < 4.78 is 21.3. The van der Waals surface area contributed by atoms with E-state index in [-0.39, 0.29) is 0 Å². The maximum absolute atomic E-state index is 5.43. The molecule has 0 aromatic heterocycles. The first-order valence-corrected chi connectivity index (χ1v) is 6.89. The van der Waals surface area contributed by atoms with E-state index in [4.69, 9.17) is 18.9 Å². The van der Waals surface area contributed by atoms with Crippen molar-refractivity contribution in [3.63, 3.8) is 0 Å². The number of hydrogen-bond donors (Lipinski definition) is 1. The van der Waals surface area contributed by atoms with Gasteiger partial charge in [-0.3, -0.25) is 0 Å². The molecule has 0 aliphatic rings. The van der Waals surface area contributed by atoms with Crippen molar-refractivity contribution in [3.8, 4) is 23.0 Å². The molecular formula is C17H21NO4. The maximum atomic E-state index is 5.43. The van der Waals surface area contributed by atoms with Crippen LogP contribution in [-0.4, -0.2) is 28.4 Å². The molecule has 0 saturated carbocycles. The molecule has 1 N–H and O–H groups in total. The second kappa shape index (κ2) is 7.45. The average molecular weight is 303 g/mol. The SMILES string of the molecule is COc1ccc(NCc2cccc(OC)c2OC)cc1OC. The number of nitrogens with one attached hydrogen (secondary N) is 1. The van der Waals surface area contributed by atoms with Crippen LogP contribution in [0.15, 0.2) is 36.4 Å². The van der Waals surface area contributed by atoms with Crippen LogP contribution in [0.4, 0.5) is 5.69 Å². The van der Waals surface area contributed by atoms with Crippen molar-refractivity contribution in [1.82, 2.24) is 0 Å². The van der Waals surface area contributed by atoms with E-state index in [1.165, 1.54) is 0 Å². The van der Waals surface area contributed by atoms with E-state index in [9.17, 15) is 0 Å². The molecule has 5 heteroatoms. The molecule has 118 valence electrons. The maximum Gasteiger partial charge on any atom is 0.165 e. The van der Waals surface area contributed by atoms with Gasteiger partial charge in [-0.05, 0) is 18.2 Å². The van der Waals surface area contributed by atoms with Crippen molar-refractivity contribution in [1.29, 1.82) is 0 Å². The average Bonchev–Trinajstić information content (AvgIpc) is 2.58. The highest BCUT2D eigenvalue weighted by molar-refractivity contribution is 5.56. The summed E-state index contributed by atoms with van der Waals surface area (Å²) in [5.41, 5.74) is 1.94. The molecule has 2 rings (SSSR count). The smallest absolute Gasteiger partial charge is 0.165 e. The van der Waals surface area contributed by atoms with Crippen molar-refractivity contribution >= 4 is 5.69 Å². The molecular weight excluding hydrogens is 282 g/mol. The molecule has 2 aromatic carbocycles. The zero-order valence-electron chi connectivity index (χ0n) is 13.3. The van der Waals surface area contributed by atoms with Crippen LogP contribution in [0.5, 0.6) is 23.0 Å². The van der Waals surface area contributed by atoms with Gasteiger partial charge in [-0.2, -0.15) is 0 Å². The first-order valence-electron chi connectivity index (χ1n) is 6.89. The van der Waals surface area contributed by atoms with E-state index in [1.807, 2.05) is 36.4 Å². The third-order valence-corrected chi connectivity index (χ3v) is 3.35. The minimum Gasteiger partial charge on any atom is -0.493 e. The summed E-state index contributed by atoms with van der Waals surface area (Å²) in [6.07, 6.45) is 0. The van der Waals surface area contributed by atoms with Gasteiger partial charge in [-0.15, -0.1) is 0 Å². The third-order valence-electron chi connectivity index (χ3n) is 3.35. The minimum absolute atomic E-state index is 0.607. The van der Waals surface area contributed by atoms with Gasteiger partial charge in [0.1, 0.15) is 0 Å². The van der Waals surface area contributed by atoms with Crippen LogP contribution in [0.1, 0.15) is 5.56 Å². The fourth-order valence-corrected chi connectivity index (χ4v) is 2.24. The van der Waals surface area contributed by atoms with Crippen LogP contribution in [0, 0.1) is 0 Å². The van der Waals surface area contributed by atoms with E-state index < -0.39 is 0 Å². The lowest BCUT2D eigenvalue weighted by atomic mass is 10.1. The summed E-state index contributed by atoms with van der Waals surface area (Å²) in [7, 11) is 6.50. The molecule has 0 heterocycles. The van der Waals surface area contributed by atoms with E-state index >= 15 is 0 Å². The first-order chi connectivity index (χ1) is 10.7. The second-order valence-corrected chi connectivity index (χ2v) is 4.58. The Bertz CT molecular complexity index is 628. The van der Waals surface area contributed by atoms with E-state index in [1.54, 1.807) is 28.4 Å². The molecule has 0 amide bonds. The van der Waals surface area contributed by atoms with E-state index in [0.29, 0.717) is 23.8 Å². The van der Waals surface area contributed by atoms with Crippen molar-refractivity contribution < 1.29 is 18.9 Å². The number of methoxy groups -OCH3 is 4. The predicted molar refractivity (Wildman–Crippen MR) is 86.4 cm³/mol. The summed E-state index contributed by atoms with van der Waals surface area (Å²) >= 11 is 0. The lowest BCUT2D eigenvalue weighted by Gasteiger charge is -2.14. The van der Waals surface area contributed by atoms with Crippen LogP contribution in [0.3, 0.4) is 0 Å². The van der Waals surface area contributed by atoms with Gasteiger partial charge in [0, 0.05) is 23.9 Å². The standard InChI is InChI=1S/C17H21NO4/c1-19-14-9-8-13(10-16(14)21-3)18-11-12-6-5-7-15(20-2)17(12)22-4/h5-10,18H,11H2,1-4H3. The lowest BCUT2D eigenvalue weighted by molar-refractivity contribution is 0.352. The summed E-state index contributed by atoms with van der Waals surface area (Å²) in [5.74, 6) is 2.84. The molecule has 0 bridgehead atoms. The Hall–Kier alpha value is -2.56. The highest BCUT2D eigenvalue weighted by Crippen LogP contribution is 2.33. The minimum atomic E-state index is 0.607. The molecule has 0 aliphatic heterocycles. The molecule has 0 spiro atoms. The quantitative estimate of drug-likeness (QED) is 0.850. The Morgan fingerprint density at radius 2 is 1.50 bits per heavy atom. The fourth-order valence-electron chi connectivity index (χ4n) is 2.24. The van der Waals surface area contributed by atoms with Gasteiger partial charge in [-0.25, -0.2) is 0 Å². The number of anilines is 1. The van der Waals surface area contributed by atoms with Crippen LogP contribution in [-0.2, 0) is 6.54 Å². The predicted octanol–water partition coefficient (Wildman–Crippen LogP) is 3.33. The Morgan fingerprint density at radius 3 is 2.14 bits per heavy atom. The van der Waals surface area contributed by atoms with Crippen molar-refractivity contribution in [2.24, 2.45) is 0 Å². The van der Waals surface area contributed by atoms with Crippen LogP contribution < -0.4 is 24.3 Å². The number of hydrogen-bond acceptors (Lipinski definition) is 5. The molecule has 5 nitrogen and oxygen atoms in total. The third kappa shape index (κ3) is 3.36. The van der Waals surface area contributed by atoms with Gasteiger partial charge in [0.15, 0.2) is 23.0 Å². The van der Waals surface area contributed by atoms with Crippen LogP contribution >= 0.6 is 0 Å². The molecule has 0 saturated heterocycles. The molecule has 0 aliphatic carbocycles. The highest BCUT2D eigenvalue weighted by atomic mass is 16.5. The Balaban J connectivity index is 2.17. The topological polar surface area (TPSA) is 49.0 Å². The molecule has 2 aromatic rings. The monoisotopic (exact) mass is 303 g/mol. The number of ether oxygens (including phenoxy) is 4. The number of rotatable bonds is 7. The number of para-hydroxylation sites is 1. The molecule has 0 atom stereocenters. The fraction of sp³-hybridized carbons (Fsp3) is 0.294. The molecule has 22 heavy (non-hydrogen) atoms. The summed E-state index contributed by atoms with van der Waals surface area (Å²) in [5, 5.41) is 3.34. The Labute approximate surface area is 130 Å². The molecule has 0 radical (unpaired) electrons. The lowest BCUT2D eigenvalue weighted by Crippen LogP contribution is -2.03. The largest absolute Gasteiger partial charge is 0.493 e. The summed E-state index contributed by atoms with van der Waals surface area (Å²) in [6.45, 7) is 0.607. The summed E-state index contributed by atoms with van der Waals surface area (Å²) in [6, 6.07) is 11.5. The first kappa shape index (κ1) is 15.8. The molecule has 0 unspecified atom stereocenters. The van der Waals surface area contributed by atoms with Gasteiger partial charge in [0.25, 0.3) is 0 Å². The van der Waals surface area contributed by atoms with Gasteiger partial charge < -0.3 is 24.3 Å². The number of benzene rings is 2. The molecule has 0 fully saturated rings. The van der Waals surface area contributed by atoms with Crippen molar-refractivity contribution in [2.45, 2.75) is 6.54 Å². The van der Waals surface area contributed by atoms with Crippen LogP contribution in [0.25, 0.3) is 0 Å². The van der Waals surface area contributed by atoms with Gasteiger partial charge in [-0.1, -0.05) is 12.1 Å². The van der Waals surface area contributed by atoms with Gasteiger partial charge in [0.05, 0.1) is 28.4 Å². The second-order valence-electron chi connectivity index (χ2n) is 4.58. The summed E-state index contributed by atoms with van der Waals surface area (Å²) in [4.78, 5) is 0. The Kier molecular flexibility index (Phi) is 5.36. The van der Waals surface area contributed by atoms with Crippen molar-refractivity contribution in [2.75, 3.05) is 33.8 Å². The highest BCUT2D eigenvalue weighted by Gasteiger charge is 2.10. The zero-order valence-corrected chi connectivity index (χ0v) is 13.3. The van der Waals surface area contributed by atoms with Crippen LogP contribution in [0.2, 0.25) is 0 Å². The normalized spacial score (nSPS) is 10.0. The zero-order chi connectivity index (χ0) is 15.9. The van der Waals surface area contributed by atoms with E-state index in [2.05, 4.69) is 5.32 Å². The van der Waals surface area contributed by atoms with Gasteiger partial charge in [0.2, 0.25) is 0 Å². The van der Waals surface area contributed by atoms with Gasteiger partial charge >= 0.3 is 0 Å². The van der Waals surface area contributed by atoms with E-state index in [0.717, 1.165) is 17.0 Å². The Morgan fingerprint density at radius 1 is 0.773 bits per heavy atom. The van der Waals surface area contributed by atoms with Crippen molar-refractivity contribution in [3.05, 3.63) is 42.0 Å².